The van der Waals surface area contributed by atoms with Crippen molar-refractivity contribution in [2.24, 2.45) is 5.14 Å². The number of hydrogen-bond acceptors (Lipinski definition) is 5. The number of benzene rings is 3. The van der Waals surface area contributed by atoms with E-state index in [2.05, 4.69) is 5.32 Å². The minimum absolute atomic E-state index is 0.00244. The van der Waals surface area contributed by atoms with Gasteiger partial charge in [0.05, 0.1) is 28.2 Å². The Morgan fingerprint density at radius 3 is 2.33 bits per heavy atom. The molecule has 0 unspecified atom stereocenters. The molecule has 3 rings (SSSR count). The molecule has 33 heavy (non-hydrogen) atoms. The van der Waals surface area contributed by atoms with Gasteiger partial charge in [-0.2, -0.15) is 13.2 Å². The van der Waals surface area contributed by atoms with E-state index in [4.69, 9.17) is 26.2 Å². The molecule has 174 valence electrons. The van der Waals surface area contributed by atoms with Crippen LogP contribution in [0, 0.1) is 0 Å². The molecule has 0 fully saturated rings. The Bertz CT molecular complexity index is 1310. The summed E-state index contributed by atoms with van der Waals surface area (Å²) in [7, 11) is -2.63. The Hall–Kier alpha value is -3.28. The van der Waals surface area contributed by atoms with Crippen molar-refractivity contribution in [1.82, 2.24) is 0 Å². The second-order valence-electron chi connectivity index (χ2n) is 6.63. The third-order valence-electron chi connectivity index (χ3n) is 4.33. The van der Waals surface area contributed by atoms with Crippen LogP contribution in [0.15, 0.2) is 65.6 Å². The van der Waals surface area contributed by atoms with Gasteiger partial charge in [0.25, 0.3) is 5.91 Å². The quantitative estimate of drug-likeness (QED) is 0.492. The van der Waals surface area contributed by atoms with Crippen molar-refractivity contribution in [2.45, 2.75) is 11.1 Å². The monoisotopic (exact) mass is 500 g/mol. The average molecular weight is 501 g/mol. The predicted molar refractivity (Wildman–Crippen MR) is 115 cm³/mol. The first-order valence-corrected chi connectivity index (χ1v) is 11.0. The number of carbonyl (C=O) groups is 1. The number of hydrogen-bond donors (Lipinski definition) is 2. The summed E-state index contributed by atoms with van der Waals surface area (Å²) in [5.74, 6) is -0.697. The lowest BCUT2D eigenvalue weighted by Crippen LogP contribution is -2.16. The van der Waals surface area contributed by atoms with Crippen LogP contribution in [-0.2, 0) is 16.2 Å². The number of sulfonamides is 1. The molecule has 0 saturated heterocycles. The van der Waals surface area contributed by atoms with Crippen LogP contribution in [0.5, 0.6) is 17.2 Å². The van der Waals surface area contributed by atoms with Crippen LogP contribution in [-0.4, -0.2) is 21.4 Å². The van der Waals surface area contributed by atoms with Crippen LogP contribution >= 0.6 is 11.6 Å². The molecule has 3 N–H and O–H groups in total. The van der Waals surface area contributed by atoms with Gasteiger partial charge in [-0.25, -0.2) is 13.6 Å². The van der Waals surface area contributed by atoms with Gasteiger partial charge in [-0.05, 0) is 48.5 Å². The van der Waals surface area contributed by atoms with Gasteiger partial charge in [0.1, 0.15) is 17.2 Å². The Morgan fingerprint density at radius 2 is 1.73 bits per heavy atom. The highest BCUT2D eigenvalue weighted by molar-refractivity contribution is 7.89. The Labute approximate surface area is 191 Å². The molecule has 0 aromatic heterocycles. The molecule has 0 aliphatic carbocycles. The number of methoxy groups -OCH3 is 1. The first-order valence-electron chi connectivity index (χ1n) is 9.05. The number of amides is 1. The van der Waals surface area contributed by atoms with E-state index in [0.717, 1.165) is 18.2 Å². The second-order valence-corrected chi connectivity index (χ2v) is 8.60. The molecule has 0 atom stereocenters. The van der Waals surface area contributed by atoms with Crippen molar-refractivity contribution in [1.29, 1.82) is 0 Å². The van der Waals surface area contributed by atoms with Crippen LogP contribution in [0.1, 0.15) is 15.9 Å². The van der Waals surface area contributed by atoms with Crippen LogP contribution in [0.3, 0.4) is 0 Å². The summed E-state index contributed by atoms with van der Waals surface area (Å²) < 4.78 is 73.5. The van der Waals surface area contributed by atoms with E-state index in [0.29, 0.717) is 11.8 Å². The van der Waals surface area contributed by atoms with E-state index >= 15 is 0 Å². The van der Waals surface area contributed by atoms with E-state index in [1.807, 2.05) is 0 Å². The van der Waals surface area contributed by atoms with Gasteiger partial charge in [-0.1, -0.05) is 17.7 Å². The number of nitrogens with two attached hydrogens (primary N) is 1. The largest absolute Gasteiger partial charge is 0.497 e. The molecule has 0 aliphatic heterocycles. The third-order valence-corrected chi connectivity index (χ3v) is 5.54. The summed E-state index contributed by atoms with van der Waals surface area (Å²) in [6, 6.07) is 11.7. The first kappa shape index (κ1) is 24.4. The highest BCUT2D eigenvalue weighted by Gasteiger charge is 2.32. The van der Waals surface area contributed by atoms with Gasteiger partial charge in [0.15, 0.2) is 0 Å². The molecule has 0 spiro atoms. The number of rotatable bonds is 6. The molecule has 0 radical (unpaired) electrons. The maximum atomic E-state index is 13.3. The topological polar surface area (TPSA) is 108 Å². The van der Waals surface area contributed by atoms with E-state index in [1.54, 1.807) is 0 Å². The van der Waals surface area contributed by atoms with Gasteiger partial charge < -0.3 is 14.8 Å². The van der Waals surface area contributed by atoms with E-state index in [1.165, 1.54) is 43.5 Å². The predicted octanol–water partition coefficient (Wildman–Crippen LogP) is 5.06. The summed E-state index contributed by atoms with van der Waals surface area (Å²) >= 11 is 6.13. The summed E-state index contributed by atoms with van der Waals surface area (Å²) in [6.45, 7) is 0. The molecule has 3 aromatic carbocycles. The SMILES string of the molecule is COc1ccc(Oc2ccc(C(F)(F)F)cc2C(=O)Nc2cccc(S(N)(=O)=O)c2)c(Cl)c1. The first-order chi connectivity index (χ1) is 15.4. The Kier molecular flexibility index (Phi) is 6.86. The van der Waals surface area contributed by atoms with E-state index in [9.17, 15) is 26.4 Å². The zero-order chi connectivity index (χ0) is 24.4. The molecule has 12 heteroatoms. The van der Waals surface area contributed by atoms with Gasteiger partial charge in [-0.3, -0.25) is 4.79 Å². The number of halogens is 4. The van der Waals surface area contributed by atoms with Crippen molar-refractivity contribution in [3.05, 3.63) is 76.8 Å². The van der Waals surface area contributed by atoms with Crippen molar-refractivity contribution in [2.75, 3.05) is 12.4 Å². The molecule has 0 saturated carbocycles. The Morgan fingerprint density at radius 1 is 1.03 bits per heavy atom. The molecular weight excluding hydrogens is 485 g/mol. The molecule has 3 aromatic rings. The van der Waals surface area contributed by atoms with Gasteiger partial charge >= 0.3 is 6.18 Å². The second kappa shape index (κ2) is 9.30. The van der Waals surface area contributed by atoms with Crippen LogP contribution in [0.4, 0.5) is 18.9 Å². The molecule has 7 nitrogen and oxygen atoms in total. The van der Waals surface area contributed by atoms with Crippen molar-refractivity contribution in [3.63, 3.8) is 0 Å². The van der Waals surface area contributed by atoms with Gasteiger partial charge in [0, 0.05) is 11.8 Å². The molecular formula is C21H16ClF3N2O5S. The molecule has 0 heterocycles. The smallest absolute Gasteiger partial charge is 0.416 e. The highest BCUT2D eigenvalue weighted by atomic mass is 35.5. The fourth-order valence-corrected chi connectivity index (χ4v) is 3.50. The zero-order valence-corrected chi connectivity index (χ0v) is 18.4. The van der Waals surface area contributed by atoms with Crippen molar-refractivity contribution in [3.8, 4) is 17.2 Å². The molecule has 1 amide bonds. The van der Waals surface area contributed by atoms with Crippen LogP contribution in [0.25, 0.3) is 0 Å². The normalized spacial score (nSPS) is 11.7. The molecule has 0 bridgehead atoms. The lowest BCUT2D eigenvalue weighted by atomic mass is 10.1. The minimum Gasteiger partial charge on any atom is -0.497 e. The maximum absolute atomic E-state index is 13.3. The highest BCUT2D eigenvalue weighted by Crippen LogP contribution is 2.37. The van der Waals surface area contributed by atoms with E-state index < -0.39 is 33.2 Å². The lowest BCUT2D eigenvalue weighted by molar-refractivity contribution is -0.137. The number of primary sulfonamides is 1. The number of ether oxygens (including phenoxy) is 2. The van der Waals surface area contributed by atoms with Crippen molar-refractivity contribution < 1.29 is 35.9 Å². The number of carbonyl (C=O) groups excluding carboxylic acids is 1. The Balaban J connectivity index is 2.00. The molecule has 0 aliphatic rings. The summed E-state index contributed by atoms with van der Waals surface area (Å²) in [6.07, 6.45) is -4.72. The lowest BCUT2D eigenvalue weighted by Gasteiger charge is -2.15. The van der Waals surface area contributed by atoms with Crippen LogP contribution in [0.2, 0.25) is 5.02 Å². The number of nitrogens with one attached hydrogen (secondary N) is 1. The zero-order valence-electron chi connectivity index (χ0n) is 16.8. The fourth-order valence-electron chi connectivity index (χ4n) is 2.73. The summed E-state index contributed by atoms with van der Waals surface area (Å²) in [5.41, 5.74) is -1.55. The van der Waals surface area contributed by atoms with Crippen LogP contribution < -0.4 is 19.9 Å². The van der Waals surface area contributed by atoms with Crippen molar-refractivity contribution >= 4 is 33.2 Å². The average Bonchev–Trinajstić information content (AvgIpc) is 2.74. The third kappa shape index (κ3) is 5.95. The van der Waals surface area contributed by atoms with E-state index in [-0.39, 0.29) is 27.1 Å². The van der Waals surface area contributed by atoms with Gasteiger partial charge in [-0.15, -0.1) is 0 Å². The fraction of sp³-hybridized carbons (Fsp3) is 0.0952. The minimum atomic E-state index is -4.72. The standard InChI is InChI=1S/C21H16ClF3N2O5S/c1-31-14-6-8-19(17(22)11-14)32-18-7-5-12(21(23,24)25)9-16(18)20(28)27-13-3-2-4-15(10-13)33(26,29)30/h2-11H,1H3,(H,27,28)(H2,26,29,30). The number of alkyl halides is 3. The number of anilines is 1. The summed E-state index contributed by atoms with van der Waals surface area (Å²) in [4.78, 5) is 12.6. The van der Waals surface area contributed by atoms with Gasteiger partial charge in [0.2, 0.25) is 10.0 Å². The summed E-state index contributed by atoms with van der Waals surface area (Å²) in [5, 5.41) is 7.52. The maximum Gasteiger partial charge on any atom is 0.416 e.